The zero-order valence-corrected chi connectivity index (χ0v) is 19.8. The van der Waals surface area contributed by atoms with E-state index in [0.717, 1.165) is 33.5 Å². The number of para-hydroxylation sites is 1. The van der Waals surface area contributed by atoms with Crippen molar-refractivity contribution in [1.82, 2.24) is 14.8 Å². The minimum Gasteiger partial charge on any atom is -0.494 e. The van der Waals surface area contributed by atoms with Crippen molar-refractivity contribution in [2.45, 2.75) is 26.4 Å². The number of urea groups is 1. The highest BCUT2D eigenvalue weighted by Crippen LogP contribution is 2.26. The number of rotatable bonds is 8. The summed E-state index contributed by atoms with van der Waals surface area (Å²) in [7, 11) is 0. The number of carbonyl (C=O) groups excluding carboxylic acids is 3. The van der Waals surface area contributed by atoms with Gasteiger partial charge in [0.15, 0.2) is 0 Å². The lowest BCUT2D eigenvalue weighted by Crippen LogP contribution is -2.53. The summed E-state index contributed by atoms with van der Waals surface area (Å²) in [5, 5.41) is 3.15. The van der Waals surface area contributed by atoms with Crippen LogP contribution in [0.4, 0.5) is 4.79 Å². The number of nitrogens with one attached hydrogen (secondary N) is 1. The summed E-state index contributed by atoms with van der Waals surface area (Å²) in [4.78, 5) is 39.0. The molecule has 1 saturated heterocycles. The monoisotopic (exact) mass is 483 g/mol. The molecule has 0 saturated carbocycles. The number of aromatic nitrogens is 1. The largest absolute Gasteiger partial charge is 0.494 e. The maximum absolute atomic E-state index is 13.1. The summed E-state index contributed by atoms with van der Waals surface area (Å²) in [5.74, 6) is -0.108. The first-order chi connectivity index (χ1) is 17.5. The first-order valence-electron chi connectivity index (χ1n) is 11.7. The Morgan fingerprint density at radius 2 is 1.81 bits per heavy atom. The quantitative estimate of drug-likeness (QED) is 0.223. The van der Waals surface area contributed by atoms with Crippen LogP contribution >= 0.6 is 0 Å². The lowest BCUT2D eigenvalue weighted by molar-refractivity contribution is -0.130. The van der Waals surface area contributed by atoms with Crippen molar-refractivity contribution in [2.75, 3.05) is 6.61 Å². The second-order valence-corrected chi connectivity index (χ2v) is 8.60. The number of amides is 4. The van der Waals surface area contributed by atoms with E-state index in [2.05, 4.69) is 9.88 Å². The molecule has 182 valence electrons. The molecule has 0 spiro atoms. The van der Waals surface area contributed by atoms with Gasteiger partial charge in [0.1, 0.15) is 17.1 Å². The Hall–Kier alpha value is -4.59. The third-order valence-corrected chi connectivity index (χ3v) is 6.03. The summed E-state index contributed by atoms with van der Waals surface area (Å²) in [6, 6.07) is 18.3. The van der Waals surface area contributed by atoms with Gasteiger partial charge in [0.05, 0.1) is 19.4 Å². The molecule has 3 heterocycles. The molecule has 0 aliphatic carbocycles. The highest BCUT2D eigenvalue weighted by molar-refractivity contribution is 6.31. The minimum absolute atomic E-state index is 0.0645. The van der Waals surface area contributed by atoms with Gasteiger partial charge in [-0.05, 0) is 49.8 Å². The second-order valence-electron chi connectivity index (χ2n) is 8.60. The van der Waals surface area contributed by atoms with E-state index in [0.29, 0.717) is 18.9 Å². The number of hydrogen-bond acceptors (Lipinski definition) is 5. The number of aryl methyl sites for hydroxylation is 2. The fraction of sp³-hybridized carbons (Fsp3) is 0.179. The van der Waals surface area contributed by atoms with E-state index in [1.165, 1.54) is 11.8 Å². The van der Waals surface area contributed by atoms with E-state index in [1.807, 2.05) is 61.7 Å². The highest BCUT2D eigenvalue weighted by atomic mass is 16.5. The summed E-state index contributed by atoms with van der Waals surface area (Å²) in [6.45, 7) is 3.22. The molecular weight excluding hydrogens is 458 g/mol. The van der Waals surface area contributed by atoms with Gasteiger partial charge in [-0.15, -0.1) is 0 Å². The van der Waals surface area contributed by atoms with Crippen molar-refractivity contribution >= 4 is 34.8 Å². The van der Waals surface area contributed by atoms with E-state index < -0.39 is 17.8 Å². The molecule has 8 heteroatoms. The second kappa shape index (κ2) is 9.95. The van der Waals surface area contributed by atoms with Crippen LogP contribution in [0.5, 0.6) is 5.75 Å². The molecular formula is C28H25N3O5. The lowest BCUT2D eigenvalue weighted by Gasteiger charge is -2.25. The number of hydrogen-bond donors (Lipinski definition) is 1. The van der Waals surface area contributed by atoms with Crippen LogP contribution in [-0.4, -0.2) is 33.9 Å². The predicted molar refractivity (Wildman–Crippen MR) is 134 cm³/mol. The van der Waals surface area contributed by atoms with Crippen LogP contribution in [-0.2, 0) is 22.7 Å². The molecule has 1 aliphatic heterocycles. The van der Waals surface area contributed by atoms with Gasteiger partial charge < -0.3 is 13.7 Å². The van der Waals surface area contributed by atoms with Gasteiger partial charge in [-0.2, -0.15) is 0 Å². The summed E-state index contributed by atoms with van der Waals surface area (Å²) < 4.78 is 13.2. The van der Waals surface area contributed by atoms with Gasteiger partial charge in [-0.3, -0.25) is 19.8 Å². The van der Waals surface area contributed by atoms with Crippen LogP contribution in [0.15, 0.2) is 83.1 Å². The topological polar surface area (TPSA) is 93.8 Å². The van der Waals surface area contributed by atoms with Crippen LogP contribution in [0.1, 0.15) is 23.3 Å². The predicted octanol–water partition coefficient (Wildman–Crippen LogP) is 4.67. The smallest absolute Gasteiger partial charge is 0.331 e. The Bertz CT molecular complexity index is 1450. The van der Waals surface area contributed by atoms with E-state index in [1.54, 1.807) is 18.2 Å². The van der Waals surface area contributed by atoms with E-state index in [-0.39, 0.29) is 12.1 Å². The fourth-order valence-electron chi connectivity index (χ4n) is 4.19. The number of benzene rings is 2. The normalized spacial score (nSPS) is 15.1. The average Bonchev–Trinajstić information content (AvgIpc) is 3.51. The maximum atomic E-state index is 13.1. The zero-order chi connectivity index (χ0) is 25.1. The van der Waals surface area contributed by atoms with Crippen molar-refractivity contribution in [2.24, 2.45) is 0 Å². The van der Waals surface area contributed by atoms with Crippen molar-refractivity contribution in [3.8, 4) is 5.75 Å². The highest BCUT2D eigenvalue weighted by Gasteiger charge is 2.36. The SMILES string of the molecule is Cc1ccc(OCCCn2cc(C=C3C(=O)NC(=O)N(Cc4ccco4)C3=O)c3ccccc32)cc1. The molecule has 0 bridgehead atoms. The third-order valence-electron chi connectivity index (χ3n) is 6.03. The summed E-state index contributed by atoms with van der Waals surface area (Å²) in [5.41, 5.74) is 2.77. The van der Waals surface area contributed by atoms with Gasteiger partial charge in [0.25, 0.3) is 11.8 Å². The van der Waals surface area contributed by atoms with Crippen LogP contribution in [0.2, 0.25) is 0 Å². The first kappa shape index (κ1) is 23.2. The summed E-state index contributed by atoms with van der Waals surface area (Å²) >= 11 is 0. The van der Waals surface area contributed by atoms with E-state index in [4.69, 9.17) is 9.15 Å². The molecule has 2 aromatic carbocycles. The number of furan rings is 1. The van der Waals surface area contributed by atoms with E-state index >= 15 is 0 Å². The maximum Gasteiger partial charge on any atom is 0.331 e. The lowest BCUT2D eigenvalue weighted by atomic mass is 10.1. The molecule has 4 amide bonds. The Balaban J connectivity index is 1.36. The molecule has 1 N–H and O–H groups in total. The molecule has 0 unspecified atom stereocenters. The first-order valence-corrected chi connectivity index (χ1v) is 11.7. The molecule has 5 rings (SSSR count). The van der Waals surface area contributed by atoms with Gasteiger partial charge in [-0.1, -0.05) is 35.9 Å². The van der Waals surface area contributed by atoms with Crippen LogP contribution < -0.4 is 10.1 Å². The molecule has 1 fully saturated rings. The van der Waals surface area contributed by atoms with Gasteiger partial charge in [0, 0.05) is 29.2 Å². The molecule has 4 aromatic rings. The molecule has 8 nitrogen and oxygen atoms in total. The Kier molecular flexibility index (Phi) is 6.40. The number of ether oxygens (including phenoxy) is 1. The minimum atomic E-state index is -0.769. The molecule has 0 radical (unpaired) electrons. The number of carbonyl (C=O) groups is 3. The third kappa shape index (κ3) is 4.79. The van der Waals surface area contributed by atoms with Gasteiger partial charge in [0.2, 0.25) is 0 Å². The number of imide groups is 2. The molecule has 2 aromatic heterocycles. The average molecular weight is 484 g/mol. The zero-order valence-electron chi connectivity index (χ0n) is 19.8. The van der Waals surface area contributed by atoms with Gasteiger partial charge >= 0.3 is 6.03 Å². The van der Waals surface area contributed by atoms with Crippen molar-refractivity contribution < 1.29 is 23.5 Å². The van der Waals surface area contributed by atoms with Crippen LogP contribution in [0.25, 0.3) is 17.0 Å². The summed E-state index contributed by atoms with van der Waals surface area (Å²) in [6.07, 6.45) is 5.69. The van der Waals surface area contributed by atoms with Crippen molar-refractivity contribution in [3.63, 3.8) is 0 Å². The Morgan fingerprint density at radius 1 is 1.00 bits per heavy atom. The van der Waals surface area contributed by atoms with Gasteiger partial charge in [-0.25, -0.2) is 4.79 Å². The number of nitrogens with zero attached hydrogens (tertiary/aromatic N) is 2. The molecule has 36 heavy (non-hydrogen) atoms. The number of barbiturate groups is 1. The van der Waals surface area contributed by atoms with Crippen molar-refractivity contribution in [1.29, 1.82) is 0 Å². The Labute approximate surface area is 207 Å². The number of fused-ring (bicyclic) bond motifs is 1. The van der Waals surface area contributed by atoms with Crippen LogP contribution in [0.3, 0.4) is 0 Å². The standard InChI is InChI=1S/C28H25N3O5/c1-19-9-11-21(12-10-19)35-15-5-13-30-17-20(23-7-2-3-8-25(23)30)16-24-26(32)29-28(34)31(27(24)33)18-22-6-4-14-36-22/h2-4,6-12,14,16-17H,5,13,15,18H2,1H3,(H,29,32,34). The van der Waals surface area contributed by atoms with Crippen LogP contribution in [0, 0.1) is 6.92 Å². The Morgan fingerprint density at radius 3 is 2.58 bits per heavy atom. The van der Waals surface area contributed by atoms with Crippen molar-refractivity contribution in [3.05, 3.63) is 95.6 Å². The molecule has 0 atom stereocenters. The molecule has 1 aliphatic rings. The van der Waals surface area contributed by atoms with E-state index in [9.17, 15) is 14.4 Å². The fourth-order valence-corrected chi connectivity index (χ4v) is 4.19.